The molecule has 0 saturated carbocycles. The first kappa shape index (κ1) is 39.0. The van der Waals surface area contributed by atoms with Crippen LogP contribution >= 0.6 is 0 Å². The molecule has 14 nitrogen and oxygen atoms in total. The molecule has 1 heterocycles. The van der Waals surface area contributed by atoms with Gasteiger partial charge < -0.3 is 42.1 Å². The topological polar surface area (TPSA) is 220 Å². The number of benzene rings is 1. The summed E-state index contributed by atoms with van der Waals surface area (Å²) in [5.41, 5.74) is 6.41. The minimum Gasteiger partial charge on any atom is -0.508 e. The fourth-order valence-electron chi connectivity index (χ4n) is 5.19. The Bertz CT molecular complexity index is 1220. The zero-order chi connectivity index (χ0) is 35.1. The van der Waals surface area contributed by atoms with Crippen LogP contribution in [0.1, 0.15) is 78.2 Å². The van der Waals surface area contributed by atoms with Crippen molar-refractivity contribution in [2.24, 2.45) is 17.6 Å². The molecule has 0 aromatic heterocycles. The number of phenolic OH excluding ortho intramolecular Hbond substituents is 1. The number of aliphatic carboxylic acids is 1. The lowest BCUT2D eigenvalue weighted by molar-refractivity contribution is -0.145. The van der Waals surface area contributed by atoms with Crippen molar-refractivity contribution in [2.45, 2.75) is 103 Å². The molecule has 5 amide bonds. The Hall–Kier alpha value is -4.20. The number of likely N-dealkylation sites (tertiary alicyclic amines) is 1. The Morgan fingerprint density at radius 1 is 0.936 bits per heavy atom. The Kier molecular flexibility index (Phi) is 16.1. The van der Waals surface area contributed by atoms with Gasteiger partial charge in [-0.05, 0) is 55.2 Å². The molecule has 1 aromatic rings. The van der Waals surface area contributed by atoms with Crippen LogP contribution in [0.5, 0.6) is 5.75 Å². The molecule has 47 heavy (non-hydrogen) atoms. The van der Waals surface area contributed by atoms with E-state index in [1.54, 1.807) is 12.1 Å². The maximum atomic E-state index is 13.7. The zero-order valence-electron chi connectivity index (χ0n) is 27.9. The van der Waals surface area contributed by atoms with Crippen LogP contribution in [-0.4, -0.2) is 94.4 Å². The van der Waals surface area contributed by atoms with E-state index in [9.17, 15) is 39.0 Å². The number of hydrogen-bond acceptors (Lipinski definition) is 8. The van der Waals surface area contributed by atoms with Gasteiger partial charge in [0.2, 0.25) is 29.5 Å². The average molecular weight is 661 g/mol. The molecule has 1 aliphatic heterocycles. The molecule has 1 fully saturated rings. The second-order valence-corrected chi connectivity index (χ2v) is 12.5. The highest BCUT2D eigenvalue weighted by molar-refractivity contribution is 5.94. The first-order valence-corrected chi connectivity index (χ1v) is 16.5. The predicted molar refractivity (Wildman–Crippen MR) is 175 cm³/mol. The minimum atomic E-state index is -1.23. The number of carboxylic acid groups (broad SMARTS) is 1. The Balaban J connectivity index is 1.86. The number of rotatable bonds is 19. The fourth-order valence-corrected chi connectivity index (χ4v) is 5.19. The highest BCUT2D eigenvalue weighted by Crippen LogP contribution is 2.22. The van der Waals surface area contributed by atoms with E-state index in [4.69, 9.17) is 5.73 Å². The third kappa shape index (κ3) is 12.8. The average Bonchev–Trinajstić information content (AvgIpc) is 3.53. The van der Waals surface area contributed by atoms with E-state index >= 15 is 0 Å². The maximum Gasteiger partial charge on any atom is 0.326 e. The highest BCUT2D eigenvalue weighted by Gasteiger charge is 2.40. The largest absolute Gasteiger partial charge is 0.508 e. The Morgan fingerprint density at radius 3 is 2.15 bits per heavy atom. The molecule has 0 spiro atoms. The van der Waals surface area contributed by atoms with Crippen LogP contribution in [0.2, 0.25) is 0 Å². The Labute approximate surface area is 276 Å². The molecule has 0 radical (unpaired) electrons. The summed E-state index contributed by atoms with van der Waals surface area (Å²) in [5, 5.41) is 30.1. The van der Waals surface area contributed by atoms with Crippen molar-refractivity contribution in [2.75, 3.05) is 19.6 Å². The van der Waals surface area contributed by atoms with Crippen molar-refractivity contribution in [1.82, 2.24) is 26.2 Å². The molecule has 2 rings (SSSR count). The molecule has 262 valence electrons. The third-order valence-corrected chi connectivity index (χ3v) is 8.43. The van der Waals surface area contributed by atoms with E-state index in [0.29, 0.717) is 50.8 Å². The van der Waals surface area contributed by atoms with Gasteiger partial charge in [-0.15, -0.1) is 0 Å². The van der Waals surface area contributed by atoms with E-state index in [-0.39, 0.29) is 61.1 Å². The van der Waals surface area contributed by atoms with E-state index in [2.05, 4.69) is 21.3 Å². The van der Waals surface area contributed by atoms with E-state index in [0.717, 1.165) is 0 Å². The first-order chi connectivity index (χ1) is 22.2. The van der Waals surface area contributed by atoms with Crippen LogP contribution < -0.4 is 27.0 Å². The smallest absolute Gasteiger partial charge is 0.326 e. The number of nitrogens with zero attached hydrogens (tertiary/aromatic N) is 1. The van der Waals surface area contributed by atoms with Gasteiger partial charge in [0.05, 0.1) is 6.04 Å². The number of hydrogen-bond donors (Lipinski definition) is 7. The number of amides is 5. The quantitative estimate of drug-likeness (QED) is 0.104. The number of phenols is 1. The summed E-state index contributed by atoms with van der Waals surface area (Å²) in [6.45, 7) is 8.34. The number of nitrogens with two attached hydrogens (primary N) is 1. The molecule has 0 aliphatic carbocycles. The van der Waals surface area contributed by atoms with Gasteiger partial charge in [-0.1, -0.05) is 46.2 Å². The molecule has 1 saturated heterocycles. The molecule has 5 atom stereocenters. The van der Waals surface area contributed by atoms with E-state index < -0.39 is 42.0 Å². The van der Waals surface area contributed by atoms with Gasteiger partial charge in [-0.3, -0.25) is 24.0 Å². The summed E-state index contributed by atoms with van der Waals surface area (Å²) < 4.78 is 0. The summed E-state index contributed by atoms with van der Waals surface area (Å²) in [7, 11) is 0. The number of carboxylic acids is 1. The first-order valence-electron chi connectivity index (χ1n) is 16.5. The van der Waals surface area contributed by atoms with Gasteiger partial charge >= 0.3 is 5.97 Å². The van der Waals surface area contributed by atoms with Gasteiger partial charge in [0.25, 0.3) is 0 Å². The lowest BCUT2D eigenvalue weighted by atomic mass is 9.97. The number of nitrogens with one attached hydrogen (secondary N) is 4. The summed E-state index contributed by atoms with van der Waals surface area (Å²) in [6, 6.07) is 2.45. The van der Waals surface area contributed by atoms with Gasteiger partial charge in [-0.2, -0.15) is 0 Å². The number of aromatic hydroxyl groups is 1. The molecule has 0 bridgehead atoms. The molecule has 1 aliphatic rings. The summed E-state index contributed by atoms with van der Waals surface area (Å²) >= 11 is 0. The monoisotopic (exact) mass is 660 g/mol. The fraction of sp³-hybridized carbons (Fsp3) is 0.636. The maximum absolute atomic E-state index is 13.7. The van der Waals surface area contributed by atoms with Crippen LogP contribution in [-0.2, 0) is 35.2 Å². The van der Waals surface area contributed by atoms with Crippen LogP contribution in [0.4, 0.5) is 0 Å². The van der Waals surface area contributed by atoms with Crippen LogP contribution in [0.15, 0.2) is 24.3 Å². The molecular weight excluding hydrogens is 608 g/mol. The van der Waals surface area contributed by atoms with Crippen molar-refractivity contribution in [3.8, 4) is 5.75 Å². The van der Waals surface area contributed by atoms with Crippen LogP contribution in [0.3, 0.4) is 0 Å². The van der Waals surface area contributed by atoms with Gasteiger partial charge in [0.15, 0.2) is 0 Å². The SMILES string of the molecule is CC[C@H](C)[C@H](NC(=O)CCCNC(=O)CCCNC(=O)[C@@H](N)C(C)C)C(=O)N1CCC[C@H]1C(=O)N[C@@H](Cc1ccc(O)cc1)C(=O)O. The summed E-state index contributed by atoms with van der Waals surface area (Å²) in [5.74, 6) is -3.18. The molecular formula is C33H52N6O8. The second kappa shape index (κ2) is 19.5. The molecule has 1 aromatic carbocycles. The lowest BCUT2D eigenvalue weighted by Gasteiger charge is -2.32. The van der Waals surface area contributed by atoms with E-state index in [1.807, 2.05) is 27.7 Å². The minimum absolute atomic E-state index is 0.000141. The van der Waals surface area contributed by atoms with Gasteiger partial charge in [0.1, 0.15) is 23.9 Å². The Morgan fingerprint density at radius 2 is 1.55 bits per heavy atom. The molecule has 8 N–H and O–H groups in total. The second-order valence-electron chi connectivity index (χ2n) is 12.5. The van der Waals surface area contributed by atoms with Gasteiger partial charge in [0, 0.05) is 38.9 Å². The van der Waals surface area contributed by atoms with Crippen molar-refractivity contribution in [3.63, 3.8) is 0 Å². The van der Waals surface area contributed by atoms with Crippen molar-refractivity contribution < 1.29 is 39.0 Å². The van der Waals surface area contributed by atoms with Crippen LogP contribution in [0.25, 0.3) is 0 Å². The lowest BCUT2D eigenvalue weighted by Crippen LogP contribution is -2.57. The normalized spacial score (nSPS) is 16.9. The molecule has 14 heteroatoms. The van der Waals surface area contributed by atoms with Crippen molar-refractivity contribution in [1.29, 1.82) is 0 Å². The van der Waals surface area contributed by atoms with Crippen molar-refractivity contribution >= 4 is 35.5 Å². The third-order valence-electron chi connectivity index (χ3n) is 8.43. The van der Waals surface area contributed by atoms with Gasteiger partial charge in [-0.25, -0.2) is 4.79 Å². The van der Waals surface area contributed by atoms with Crippen molar-refractivity contribution in [3.05, 3.63) is 29.8 Å². The predicted octanol–water partition coefficient (Wildman–Crippen LogP) is 0.802. The zero-order valence-corrected chi connectivity index (χ0v) is 27.9. The highest BCUT2D eigenvalue weighted by atomic mass is 16.4. The molecule has 0 unspecified atom stereocenters. The number of carbonyl (C=O) groups excluding carboxylic acids is 5. The summed E-state index contributed by atoms with van der Waals surface area (Å²) in [4.78, 5) is 77.2. The summed E-state index contributed by atoms with van der Waals surface area (Å²) in [6.07, 6.45) is 2.60. The van der Waals surface area contributed by atoms with Crippen LogP contribution in [0, 0.1) is 11.8 Å². The number of carbonyl (C=O) groups is 6. The van der Waals surface area contributed by atoms with E-state index in [1.165, 1.54) is 17.0 Å². The standard InChI is InChI=1S/C33H52N6O8/c1-5-21(4)29(38-27(42)11-7-16-35-26(41)10-6-17-36-31(44)28(34)20(2)3)32(45)39-18-8-9-25(39)30(43)37-24(33(46)47)19-22-12-14-23(40)15-13-22/h12-15,20-21,24-25,28-29,40H,5-11,16-19,34H2,1-4H3,(H,35,41)(H,36,44)(H,37,43)(H,38,42)(H,46,47)/t21-,24-,25-,28-,29-/m0/s1.